The molecule has 0 spiro atoms. The average molecular weight is 441 g/mol. The molecule has 0 fully saturated rings. The Hall–Kier alpha value is -3.92. The summed E-state index contributed by atoms with van der Waals surface area (Å²) in [6.45, 7) is 0.369. The van der Waals surface area contributed by atoms with Gasteiger partial charge in [0, 0.05) is 12.1 Å². The van der Waals surface area contributed by atoms with Gasteiger partial charge in [-0.15, -0.1) is 0 Å². The van der Waals surface area contributed by atoms with Crippen LogP contribution in [0.3, 0.4) is 0 Å². The van der Waals surface area contributed by atoms with E-state index >= 15 is 0 Å². The van der Waals surface area contributed by atoms with E-state index in [4.69, 9.17) is 9.47 Å². The number of hydrogen-bond donors (Lipinski definition) is 1. The lowest BCUT2D eigenvalue weighted by Crippen LogP contribution is -2.18. The molecule has 0 saturated heterocycles. The molecule has 0 aliphatic carbocycles. The molecule has 0 saturated carbocycles. The van der Waals surface area contributed by atoms with Gasteiger partial charge in [0.2, 0.25) is 0 Å². The number of sulfonamides is 1. The van der Waals surface area contributed by atoms with Gasteiger partial charge in [-0.3, -0.25) is 10.1 Å². The fourth-order valence-corrected chi connectivity index (χ4v) is 3.44. The highest BCUT2D eigenvalue weighted by Crippen LogP contribution is 2.28. The van der Waals surface area contributed by atoms with E-state index in [1.807, 2.05) is 35.2 Å². The van der Waals surface area contributed by atoms with Crippen molar-refractivity contribution in [2.75, 3.05) is 7.11 Å². The van der Waals surface area contributed by atoms with Gasteiger partial charge in [-0.1, -0.05) is 36.4 Å². The molecule has 3 aromatic carbocycles. The summed E-state index contributed by atoms with van der Waals surface area (Å²) in [5.74, 6) is 0.988. The van der Waals surface area contributed by atoms with Gasteiger partial charge in [-0.25, -0.2) is 4.83 Å². The molecule has 0 atom stereocenters. The van der Waals surface area contributed by atoms with Gasteiger partial charge in [0.25, 0.3) is 15.7 Å². The maximum Gasteiger partial charge on any atom is 0.276 e. The molecule has 0 heterocycles. The number of nitrogens with zero attached hydrogens (tertiary/aromatic N) is 2. The predicted molar refractivity (Wildman–Crippen MR) is 115 cm³/mol. The summed E-state index contributed by atoms with van der Waals surface area (Å²) < 4.78 is 35.7. The standard InChI is InChI=1S/C21H19N3O6S/c1-29-21-12-17(10-11-20(21)30-15-16-6-3-2-4-7-16)14-22-23-31(27,28)19-9-5-8-18(13-19)24(25)26/h2-14,23H,15H2,1H3/b22-14+. The third-order valence-electron chi connectivity index (χ3n) is 4.15. The normalized spacial score (nSPS) is 11.3. The summed E-state index contributed by atoms with van der Waals surface area (Å²) in [4.78, 5) is 11.9. The van der Waals surface area contributed by atoms with Crippen LogP contribution in [0, 0.1) is 10.1 Å². The van der Waals surface area contributed by atoms with Gasteiger partial charge in [-0.05, 0) is 35.4 Å². The minimum Gasteiger partial charge on any atom is -0.493 e. The molecule has 3 rings (SSSR count). The van der Waals surface area contributed by atoms with Crippen molar-refractivity contribution in [3.05, 3.63) is 94.0 Å². The lowest BCUT2D eigenvalue weighted by molar-refractivity contribution is -0.385. The van der Waals surface area contributed by atoms with Gasteiger partial charge in [0.05, 0.1) is 23.1 Å². The highest BCUT2D eigenvalue weighted by Gasteiger charge is 2.16. The topological polar surface area (TPSA) is 120 Å². The molecule has 0 bridgehead atoms. The molecule has 0 unspecified atom stereocenters. The number of hydrazone groups is 1. The summed E-state index contributed by atoms with van der Waals surface area (Å²) in [7, 11) is -2.56. The maximum absolute atomic E-state index is 12.3. The molecule has 0 radical (unpaired) electrons. The first kappa shape index (κ1) is 21.8. The SMILES string of the molecule is COc1cc(/C=N/NS(=O)(=O)c2cccc([N+](=O)[O-])c2)ccc1OCc1ccccc1. The highest BCUT2D eigenvalue weighted by atomic mass is 32.2. The van der Waals surface area contributed by atoms with Crippen LogP contribution in [0.25, 0.3) is 0 Å². The second kappa shape index (κ2) is 9.72. The zero-order valence-corrected chi connectivity index (χ0v) is 17.3. The molecule has 31 heavy (non-hydrogen) atoms. The lowest BCUT2D eigenvalue weighted by atomic mass is 10.2. The first-order valence-electron chi connectivity index (χ1n) is 9.03. The van der Waals surface area contributed by atoms with Crippen LogP contribution in [0.1, 0.15) is 11.1 Å². The summed E-state index contributed by atoms with van der Waals surface area (Å²) >= 11 is 0. The van der Waals surface area contributed by atoms with E-state index in [1.165, 1.54) is 31.5 Å². The quantitative estimate of drug-likeness (QED) is 0.308. The Balaban J connectivity index is 1.69. The zero-order valence-electron chi connectivity index (χ0n) is 16.5. The van der Waals surface area contributed by atoms with Gasteiger partial charge in [0.15, 0.2) is 11.5 Å². The summed E-state index contributed by atoms with van der Waals surface area (Å²) in [5, 5.41) is 14.6. The fraction of sp³-hybridized carbons (Fsp3) is 0.0952. The van der Waals surface area contributed by atoms with Crippen LogP contribution < -0.4 is 14.3 Å². The van der Waals surface area contributed by atoms with Crippen LogP contribution in [0.4, 0.5) is 5.69 Å². The molecule has 160 valence electrons. The van der Waals surface area contributed by atoms with Crippen molar-refractivity contribution in [2.45, 2.75) is 11.5 Å². The van der Waals surface area contributed by atoms with E-state index in [0.717, 1.165) is 11.6 Å². The Morgan fingerprint density at radius 1 is 1.03 bits per heavy atom. The van der Waals surface area contributed by atoms with Gasteiger partial charge in [-0.2, -0.15) is 13.5 Å². The summed E-state index contributed by atoms with van der Waals surface area (Å²) in [6.07, 6.45) is 1.29. The molecular formula is C21H19N3O6S. The van der Waals surface area contributed by atoms with Crippen molar-refractivity contribution in [1.29, 1.82) is 0 Å². The number of benzene rings is 3. The Morgan fingerprint density at radius 2 is 1.81 bits per heavy atom. The van der Waals surface area contributed by atoms with E-state index in [-0.39, 0.29) is 10.6 Å². The highest BCUT2D eigenvalue weighted by molar-refractivity contribution is 7.89. The van der Waals surface area contributed by atoms with Crippen molar-refractivity contribution < 1.29 is 22.8 Å². The molecular weight excluding hydrogens is 422 g/mol. The van der Waals surface area contributed by atoms with Gasteiger partial charge < -0.3 is 9.47 Å². The monoisotopic (exact) mass is 441 g/mol. The first-order chi connectivity index (χ1) is 14.9. The van der Waals surface area contributed by atoms with E-state index in [2.05, 4.69) is 5.10 Å². The molecule has 0 aliphatic heterocycles. The minimum absolute atomic E-state index is 0.263. The number of hydrogen-bond acceptors (Lipinski definition) is 7. The molecule has 3 aromatic rings. The van der Waals surface area contributed by atoms with Crippen molar-refractivity contribution in [1.82, 2.24) is 4.83 Å². The molecule has 10 heteroatoms. The second-order valence-electron chi connectivity index (χ2n) is 6.29. The molecule has 0 aromatic heterocycles. The maximum atomic E-state index is 12.3. The smallest absolute Gasteiger partial charge is 0.276 e. The number of methoxy groups -OCH3 is 1. The van der Waals surface area contributed by atoms with Crippen LogP contribution >= 0.6 is 0 Å². The zero-order chi connectivity index (χ0) is 22.3. The third kappa shape index (κ3) is 5.80. The fourth-order valence-electron chi connectivity index (χ4n) is 2.61. The van der Waals surface area contributed by atoms with Crippen LogP contribution in [0.2, 0.25) is 0 Å². The Morgan fingerprint density at radius 3 is 2.52 bits per heavy atom. The third-order valence-corrected chi connectivity index (χ3v) is 5.37. The Kier molecular flexibility index (Phi) is 6.83. The number of nitrogens with one attached hydrogen (secondary N) is 1. The Bertz CT molecular complexity index is 1200. The number of rotatable bonds is 9. The van der Waals surface area contributed by atoms with Crippen LogP contribution in [0.5, 0.6) is 11.5 Å². The van der Waals surface area contributed by atoms with Crippen LogP contribution in [-0.4, -0.2) is 26.7 Å². The van der Waals surface area contributed by atoms with Gasteiger partial charge >= 0.3 is 0 Å². The number of nitro benzene ring substituents is 1. The van der Waals surface area contributed by atoms with Gasteiger partial charge in [0.1, 0.15) is 6.61 Å². The largest absolute Gasteiger partial charge is 0.493 e. The molecule has 1 N–H and O–H groups in total. The summed E-state index contributed by atoms with van der Waals surface area (Å²) in [6, 6.07) is 19.4. The van der Waals surface area contributed by atoms with E-state index in [9.17, 15) is 18.5 Å². The van der Waals surface area contributed by atoms with Crippen molar-refractivity contribution in [2.24, 2.45) is 5.10 Å². The van der Waals surface area contributed by atoms with E-state index in [0.29, 0.717) is 23.7 Å². The minimum atomic E-state index is -4.06. The van der Waals surface area contributed by atoms with Crippen LogP contribution in [0.15, 0.2) is 82.8 Å². The molecule has 0 amide bonds. The summed E-state index contributed by atoms with van der Waals surface area (Å²) in [5.41, 5.74) is 1.24. The van der Waals surface area contributed by atoms with Crippen molar-refractivity contribution >= 4 is 21.9 Å². The second-order valence-corrected chi connectivity index (χ2v) is 7.95. The Labute approximate surface area is 179 Å². The number of ether oxygens (including phenoxy) is 2. The van der Waals surface area contributed by atoms with E-state index in [1.54, 1.807) is 18.2 Å². The first-order valence-corrected chi connectivity index (χ1v) is 10.5. The molecule has 9 nitrogen and oxygen atoms in total. The number of non-ortho nitro benzene ring substituents is 1. The molecule has 0 aliphatic rings. The lowest BCUT2D eigenvalue weighted by Gasteiger charge is -2.11. The van der Waals surface area contributed by atoms with Crippen molar-refractivity contribution in [3.63, 3.8) is 0 Å². The average Bonchev–Trinajstić information content (AvgIpc) is 2.78. The van der Waals surface area contributed by atoms with Crippen molar-refractivity contribution in [3.8, 4) is 11.5 Å². The van der Waals surface area contributed by atoms with Crippen LogP contribution in [-0.2, 0) is 16.6 Å². The van der Waals surface area contributed by atoms with E-state index < -0.39 is 14.9 Å². The number of nitro groups is 1. The predicted octanol–water partition coefficient (Wildman–Crippen LogP) is 3.49.